The standard InChI is InChI=1S/C15H20F3N/c1-11(10-19-14(2,3)4)9-12-7-5-6-8-13(12)15(16,17)18/h5-9,19H,10H2,1-4H3. The minimum atomic E-state index is -4.31. The molecule has 0 aliphatic heterocycles. The topological polar surface area (TPSA) is 12.0 Å². The van der Waals surface area contributed by atoms with E-state index in [1.54, 1.807) is 12.1 Å². The van der Waals surface area contributed by atoms with Crippen molar-refractivity contribution in [1.82, 2.24) is 5.32 Å². The van der Waals surface area contributed by atoms with Gasteiger partial charge in [0.2, 0.25) is 0 Å². The van der Waals surface area contributed by atoms with Gasteiger partial charge in [-0.3, -0.25) is 0 Å². The molecule has 0 saturated carbocycles. The Morgan fingerprint density at radius 1 is 1.16 bits per heavy atom. The second-order valence-corrected chi connectivity index (χ2v) is 5.68. The number of alkyl halides is 3. The fourth-order valence-electron chi connectivity index (χ4n) is 1.60. The first kappa shape index (κ1) is 15.8. The average Bonchev–Trinajstić information content (AvgIpc) is 2.25. The van der Waals surface area contributed by atoms with Gasteiger partial charge in [0.1, 0.15) is 0 Å². The molecule has 0 radical (unpaired) electrons. The van der Waals surface area contributed by atoms with Crippen LogP contribution in [0.25, 0.3) is 6.08 Å². The summed E-state index contributed by atoms with van der Waals surface area (Å²) in [6, 6.07) is 5.62. The number of benzene rings is 1. The zero-order valence-corrected chi connectivity index (χ0v) is 11.7. The lowest BCUT2D eigenvalue weighted by atomic mass is 10.0. The van der Waals surface area contributed by atoms with Crippen molar-refractivity contribution in [2.45, 2.75) is 39.4 Å². The van der Waals surface area contributed by atoms with Crippen LogP contribution in [-0.4, -0.2) is 12.1 Å². The molecule has 0 aliphatic carbocycles. The Morgan fingerprint density at radius 3 is 2.26 bits per heavy atom. The fraction of sp³-hybridized carbons (Fsp3) is 0.467. The van der Waals surface area contributed by atoms with Crippen molar-refractivity contribution in [2.24, 2.45) is 0 Å². The summed E-state index contributed by atoms with van der Waals surface area (Å²) in [5, 5.41) is 3.25. The van der Waals surface area contributed by atoms with E-state index in [1.807, 2.05) is 27.7 Å². The van der Waals surface area contributed by atoms with Crippen LogP contribution in [0.1, 0.15) is 38.8 Å². The zero-order valence-electron chi connectivity index (χ0n) is 11.7. The van der Waals surface area contributed by atoms with Gasteiger partial charge in [-0.25, -0.2) is 0 Å². The van der Waals surface area contributed by atoms with Gasteiger partial charge in [0.05, 0.1) is 5.56 Å². The molecule has 0 unspecified atom stereocenters. The van der Waals surface area contributed by atoms with E-state index in [9.17, 15) is 13.2 Å². The second-order valence-electron chi connectivity index (χ2n) is 5.68. The molecule has 1 N–H and O–H groups in total. The second kappa shape index (κ2) is 5.78. The molecule has 106 valence electrons. The molecule has 4 heteroatoms. The Hall–Kier alpha value is -1.29. The zero-order chi connectivity index (χ0) is 14.7. The summed E-state index contributed by atoms with van der Waals surface area (Å²) in [6.45, 7) is 8.44. The molecular weight excluding hydrogens is 251 g/mol. The van der Waals surface area contributed by atoms with Gasteiger partial charge in [-0.15, -0.1) is 0 Å². The predicted octanol–water partition coefficient (Wildman–Crippen LogP) is 4.50. The van der Waals surface area contributed by atoms with Crippen molar-refractivity contribution in [2.75, 3.05) is 6.54 Å². The molecule has 0 amide bonds. The molecule has 19 heavy (non-hydrogen) atoms. The summed E-state index contributed by atoms with van der Waals surface area (Å²) in [7, 11) is 0. The Balaban J connectivity index is 2.93. The number of hydrogen-bond acceptors (Lipinski definition) is 1. The lowest BCUT2D eigenvalue weighted by molar-refractivity contribution is -0.137. The molecule has 1 aromatic rings. The van der Waals surface area contributed by atoms with Gasteiger partial charge in [-0.05, 0) is 39.3 Å². The summed E-state index contributed by atoms with van der Waals surface area (Å²) < 4.78 is 38.5. The van der Waals surface area contributed by atoms with E-state index in [1.165, 1.54) is 12.1 Å². The van der Waals surface area contributed by atoms with E-state index in [0.717, 1.165) is 11.6 Å². The van der Waals surface area contributed by atoms with E-state index in [-0.39, 0.29) is 11.1 Å². The first-order chi connectivity index (χ1) is 8.59. The van der Waals surface area contributed by atoms with Crippen molar-refractivity contribution in [1.29, 1.82) is 0 Å². The third-order valence-corrected chi connectivity index (χ3v) is 2.57. The summed E-state index contributed by atoms with van der Waals surface area (Å²) in [6.07, 6.45) is -2.73. The van der Waals surface area contributed by atoms with E-state index >= 15 is 0 Å². The largest absolute Gasteiger partial charge is 0.416 e. The van der Waals surface area contributed by atoms with Crippen molar-refractivity contribution in [3.8, 4) is 0 Å². The Labute approximate surface area is 112 Å². The molecule has 0 saturated heterocycles. The van der Waals surface area contributed by atoms with Crippen LogP contribution in [-0.2, 0) is 6.18 Å². The first-order valence-corrected chi connectivity index (χ1v) is 6.18. The minimum absolute atomic E-state index is 0.0569. The summed E-state index contributed by atoms with van der Waals surface area (Å²) in [4.78, 5) is 0. The van der Waals surface area contributed by atoms with Gasteiger partial charge in [0.15, 0.2) is 0 Å². The SMILES string of the molecule is CC(=Cc1ccccc1C(F)(F)F)CNC(C)(C)C. The lowest BCUT2D eigenvalue weighted by Crippen LogP contribution is -2.36. The Bertz CT molecular complexity index is 453. The number of halogens is 3. The van der Waals surface area contributed by atoms with Gasteiger partial charge >= 0.3 is 6.18 Å². The maximum Gasteiger partial charge on any atom is 0.416 e. The molecule has 0 atom stereocenters. The Kier molecular flexibility index (Phi) is 4.80. The molecule has 0 fully saturated rings. The lowest BCUT2D eigenvalue weighted by Gasteiger charge is -2.21. The molecule has 0 heterocycles. The highest BCUT2D eigenvalue weighted by molar-refractivity contribution is 5.57. The van der Waals surface area contributed by atoms with Gasteiger partial charge in [0.25, 0.3) is 0 Å². The highest BCUT2D eigenvalue weighted by Gasteiger charge is 2.32. The quantitative estimate of drug-likeness (QED) is 0.853. The molecule has 0 spiro atoms. The van der Waals surface area contributed by atoms with Crippen molar-refractivity contribution >= 4 is 6.08 Å². The molecule has 0 bridgehead atoms. The van der Waals surface area contributed by atoms with E-state index < -0.39 is 11.7 Å². The minimum Gasteiger partial charge on any atom is -0.308 e. The van der Waals surface area contributed by atoms with Crippen LogP contribution in [0.15, 0.2) is 29.8 Å². The van der Waals surface area contributed by atoms with Crippen LogP contribution in [0.2, 0.25) is 0 Å². The predicted molar refractivity (Wildman–Crippen MR) is 72.9 cm³/mol. The average molecular weight is 271 g/mol. The van der Waals surface area contributed by atoms with Crippen LogP contribution in [0.5, 0.6) is 0 Å². The third kappa shape index (κ3) is 5.47. The molecule has 0 aliphatic rings. The van der Waals surface area contributed by atoms with E-state index in [4.69, 9.17) is 0 Å². The first-order valence-electron chi connectivity index (χ1n) is 6.18. The highest BCUT2D eigenvalue weighted by Crippen LogP contribution is 2.32. The van der Waals surface area contributed by atoms with Crippen molar-refractivity contribution in [3.63, 3.8) is 0 Å². The van der Waals surface area contributed by atoms with Gasteiger partial charge in [-0.1, -0.05) is 29.8 Å². The number of nitrogens with one attached hydrogen (secondary N) is 1. The van der Waals surface area contributed by atoms with Crippen LogP contribution < -0.4 is 5.32 Å². The fourth-order valence-corrected chi connectivity index (χ4v) is 1.60. The summed E-state index contributed by atoms with van der Waals surface area (Å²) >= 11 is 0. The van der Waals surface area contributed by atoms with Crippen LogP contribution in [0.3, 0.4) is 0 Å². The molecule has 0 aromatic heterocycles. The Morgan fingerprint density at radius 2 is 1.74 bits per heavy atom. The maximum absolute atomic E-state index is 12.8. The van der Waals surface area contributed by atoms with Crippen LogP contribution in [0.4, 0.5) is 13.2 Å². The molecule has 1 aromatic carbocycles. The van der Waals surface area contributed by atoms with Gasteiger partial charge in [-0.2, -0.15) is 13.2 Å². The van der Waals surface area contributed by atoms with Crippen LogP contribution in [0, 0.1) is 0 Å². The monoisotopic (exact) mass is 271 g/mol. The number of rotatable bonds is 3. The smallest absolute Gasteiger partial charge is 0.308 e. The van der Waals surface area contributed by atoms with Crippen molar-refractivity contribution < 1.29 is 13.2 Å². The molecule has 1 nitrogen and oxygen atoms in total. The molecular formula is C15H20F3N. The van der Waals surface area contributed by atoms with E-state index in [0.29, 0.717) is 6.54 Å². The third-order valence-electron chi connectivity index (χ3n) is 2.57. The van der Waals surface area contributed by atoms with Crippen molar-refractivity contribution in [3.05, 3.63) is 41.0 Å². The summed E-state index contributed by atoms with van der Waals surface area (Å²) in [5.41, 5.74) is 0.429. The number of hydrogen-bond donors (Lipinski definition) is 1. The van der Waals surface area contributed by atoms with E-state index in [2.05, 4.69) is 5.32 Å². The normalized spacial score (nSPS) is 13.7. The van der Waals surface area contributed by atoms with Gasteiger partial charge < -0.3 is 5.32 Å². The summed E-state index contributed by atoms with van der Waals surface area (Å²) in [5.74, 6) is 0. The highest BCUT2D eigenvalue weighted by atomic mass is 19.4. The maximum atomic E-state index is 12.8. The van der Waals surface area contributed by atoms with Gasteiger partial charge in [0, 0.05) is 12.1 Å². The molecule has 1 rings (SSSR count). The van der Waals surface area contributed by atoms with Crippen LogP contribution >= 0.6 is 0 Å².